The average Bonchev–Trinajstić information content (AvgIpc) is 2.61. The van der Waals surface area contributed by atoms with Gasteiger partial charge in [0.2, 0.25) is 15.9 Å². The molecule has 2 heterocycles. The maximum absolute atomic E-state index is 12.8. The Morgan fingerprint density at radius 3 is 2.60 bits per heavy atom. The van der Waals surface area contributed by atoms with Crippen molar-refractivity contribution in [3.63, 3.8) is 0 Å². The number of rotatable bonds is 4. The molecule has 0 N–H and O–H groups in total. The molecular formula is C18H25ClN2O3S. The molecule has 2 aliphatic heterocycles. The Hall–Kier alpha value is -1.11. The van der Waals surface area contributed by atoms with Crippen LogP contribution in [0.25, 0.3) is 0 Å². The third-order valence-corrected chi connectivity index (χ3v) is 7.08. The fourth-order valence-electron chi connectivity index (χ4n) is 3.70. The molecule has 138 valence electrons. The molecule has 0 radical (unpaired) electrons. The first-order valence-electron chi connectivity index (χ1n) is 8.97. The molecule has 5 nitrogen and oxygen atoms in total. The number of hydrogen-bond donors (Lipinski definition) is 0. The average molecular weight is 385 g/mol. The van der Waals surface area contributed by atoms with Gasteiger partial charge in [-0.15, -0.1) is 0 Å². The minimum Gasteiger partial charge on any atom is -0.342 e. The number of carbonyl (C=O) groups is 1. The van der Waals surface area contributed by atoms with Gasteiger partial charge in [0.05, 0.1) is 11.7 Å². The molecule has 25 heavy (non-hydrogen) atoms. The van der Waals surface area contributed by atoms with Crippen LogP contribution in [-0.2, 0) is 20.6 Å². The van der Waals surface area contributed by atoms with E-state index >= 15 is 0 Å². The summed E-state index contributed by atoms with van der Waals surface area (Å²) in [5.74, 6) is -0.151. The molecule has 2 aliphatic rings. The Kier molecular flexibility index (Phi) is 6.02. The fraction of sp³-hybridized carbons (Fsp3) is 0.611. The van der Waals surface area contributed by atoms with E-state index in [1.165, 1.54) is 10.7 Å². The first-order valence-corrected chi connectivity index (χ1v) is 11.0. The van der Waals surface area contributed by atoms with E-state index in [1.807, 2.05) is 4.90 Å². The number of carbonyl (C=O) groups excluding carboxylic acids is 1. The Morgan fingerprint density at radius 1 is 1.12 bits per heavy atom. The zero-order valence-corrected chi connectivity index (χ0v) is 15.9. The number of amides is 1. The second-order valence-electron chi connectivity index (χ2n) is 6.97. The predicted octanol–water partition coefficient (Wildman–Crippen LogP) is 2.89. The number of sulfonamides is 1. The Labute approximate surface area is 155 Å². The van der Waals surface area contributed by atoms with E-state index in [4.69, 9.17) is 11.6 Å². The number of benzene rings is 1. The van der Waals surface area contributed by atoms with Gasteiger partial charge >= 0.3 is 0 Å². The van der Waals surface area contributed by atoms with Gasteiger partial charge in [-0.2, -0.15) is 0 Å². The van der Waals surface area contributed by atoms with Crippen LogP contribution in [0, 0.1) is 5.92 Å². The van der Waals surface area contributed by atoms with E-state index in [1.54, 1.807) is 24.3 Å². The van der Waals surface area contributed by atoms with Crippen molar-refractivity contribution in [1.82, 2.24) is 9.21 Å². The lowest BCUT2D eigenvalue weighted by Crippen LogP contribution is -2.48. The molecule has 1 amide bonds. The molecule has 3 rings (SSSR count). The van der Waals surface area contributed by atoms with Crippen molar-refractivity contribution in [3.05, 3.63) is 34.9 Å². The van der Waals surface area contributed by atoms with Crippen molar-refractivity contribution in [2.45, 2.75) is 37.9 Å². The van der Waals surface area contributed by atoms with E-state index in [9.17, 15) is 13.2 Å². The lowest BCUT2D eigenvalue weighted by molar-refractivity contribution is -0.137. The van der Waals surface area contributed by atoms with Crippen LogP contribution < -0.4 is 0 Å². The molecule has 1 unspecified atom stereocenters. The Morgan fingerprint density at radius 2 is 1.88 bits per heavy atom. The third-order valence-electron chi connectivity index (χ3n) is 5.03. The summed E-state index contributed by atoms with van der Waals surface area (Å²) in [6, 6.07) is 6.93. The predicted molar refractivity (Wildman–Crippen MR) is 98.8 cm³/mol. The third kappa shape index (κ3) is 4.74. The van der Waals surface area contributed by atoms with E-state index in [2.05, 4.69) is 0 Å². The molecule has 1 aromatic rings. The minimum atomic E-state index is -3.45. The van der Waals surface area contributed by atoms with Crippen molar-refractivity contribution in [2.24, 2.45) is 5.92 Å². The van der Waals surface area contributed by atoms with Crippen LogP contribution in [0.15, 0.2) is 24.3 Å². The lowest BCUT2D eigenvalue weighted by Gasteiger charge is -2.35. The second-order valence-corrected chi connectivity index (χ2v) is 9.37. The van der Waals surface area contributed by atoms with Gasteiger partial charge in [0.1, 0.15) is 0 Å². The molecule has 0 saturated carbocycles. The maximum Gasteiger partial charge on any atom is 0.227 e. The van der Waals surface area contributed by atoms with Gasteiger partial charge in [0.25, 0.3) is 0 Å². The van der Waals surface area contributed by atoms with E-state index < -0.39 is 10.0 Å². The summed E-state index contributed by atoms with van der Waals surface area (Å²) in [5.41, 5.74) is 0.678. The first kappa shape index (κ1) is 18.7. The number of likely N-dealkylation sites (tertiary alicyclic amines) is 1. The van der Waals surface area contributed by atoms with Crippen LogP contribution in [0.5, 0.6) is 0 Å². The van der Waals surface area contributed by atoms with Gasteiger partial charge in [0.15, 0.2) is 0 Å². The molecular weight excluding hydrogens is 360 g/mol. The van der Waals surface area contributed by atoms with Gasteiger partial charge < -0.3 is 4.90 Å². The first-order chi connectivity index (χ1) is 12.0. The van der Waals surface area contributed by atoms with Gasteiger partial charge in [-0.25, -0.2) is 12.7 Å². The quantitative estimate of drug-likeness (QED) is 0.802. The number of piperidine rings is 2. The largest absolute Gasteiger partial charge is 0.342 e. The SMILES string of the molecule is O=C(C1CCCN(S(=O)(=O)Cc2cccc(Cl)c2)C1)N1CCCCC1. The van der Waals surface area contributed by atoms with Crippen molar-refractivity contribution in [2.75, 3.05) is 26.2 Å². The molecule has 1 aromatic carbocycles. The Bertz CT molecular complexity index is 717. The van der Waals surface area contributed by atoms with Crippen LogP contribution in [-0.4, -0.2) is 49.7 Å². The lowest BCUT2D eigenvalue weighted by atomic mass is 9.97. The van der Waals surface area contributed by atoms with E-state index in [0.29, 0.717) is 23.7 Å². The molecule has 2 saturated heterocycles. The second kappa shape index (κ2) is 8.06. The van der Waals surface area contributed by atoms with Crippen molar-refractivity contribution in [1.29, 1.82) is 0 Å². The van der Waals surface area contributed by atoms with Crippen LogP contribution in [0.3, 0.4) is 0 Å². The van der Waals surface area contributed by atoms with Crippen molar-refractivity contribution < 1.29 is 13.2 Å². The summed E-state index contributed by atoms with van der Waals surface area (Å²) < 4.78 is 27.0. The fourth-order valence-corrected chi connectivity index (χ4v) is 5.51. The van der Waals surface area contributed by atoms with Crippen molar-refractivity contribution >= 4 is 27.5 Å². The Balaban J connectivity index is 1.66. The molecule has 0 aromatic heterocycles. The number of nitrogens with zero attached hydrogens (tertiary/aromatic N) is 2. The summed E-state index contributed by atoms with van der Waals surface area (Å²) >= 11 is 5.95. The molecule has 7 heteroatoms. The summed E-state index contributed by atoms with van der Waals surface area (Å²) in [7, 11) is -3.45. The van der Waals surface area contributed by atoms with Gasteiger partial charge in [-0.05, 0) is 49.8 Å². The standard InChI is InChI=1S/C18H25ClN2O3S/c19-17-8-4-6-15(12-17)14-25(23,24)21-11-5-7-16(13-21)18(22)20-9-2-1-3-10-20/h4,6,8,12,16H,1-3,5,7,9-11,13-14H2. The van der Waals surface area contributed by atoms with Gasteiger partial charge in [-0.1, -0.05) is 23.7 Å². The highest BCUT2D eigenvalue weighted by Crippen LogP contribution is 2.25. The van der Waals surface area contributed by atoms with Crippen LogP contribution in [0.4, 0.5) is 0 Å². The zero-order chi connectivity index (χ0) is 17.9. The highest BCUT2D eigenvalue weighted by Gasteiger charge is 2.34. The number of halogens is 1. The topological polar surface area (TPSA) is 57.7 Å². The molecule has 0 aliphatic carbocycles. The van der Waals surface area contributed by atoms with Crippen LogP contribution >= 0.6 is 11.6 Å². The van der Waals surface area contributed by atoms with Crippen molar-refractivity contribution in [3.8, 4) is 0 Å². The summed E-state index contributed by atoms with van der Waals surface area (Å²) in [6.07, 6.45) is 4.79. The summed E-state index contributed by atoms with van der Waals surface area (Å²) in [5, 5.41) is 0.532. The molecule has 2 fully saturated rings. The summed E-state index contributed by atoms with van der Waals surface area (Å²) in [6.45, 7) is 2.42. The summed E-state index contributed by atoms with van der Waals surface area (Å²) in [4.78, 5) is 14.6. The van der Waals surface area contributed by atoms with Gasteiger partial charge in [-0.3, -0.25) is 4.79 Å². The normalized spacial score (nSPS) is 22.8. The van der Waals surface area contributed by atoms with E-state index in [0.717, 1.165) is 38.8 Å². The zero-order valence-electron chi connectivity index (χ0n) is 14.4. The minimum absolute atomic E-state index is 0.0712. The number of hydrogen-bond acceptors (Lipinski definition) is 3. The van der Waals surface area contributed by atoms with Gasteiger partial charge in [0, 0.05) is 31.2 Å². The van der Waals surface area contributed by atoms with Crippen LogP contribution in [0.2, 0.25) is 5.02 Å². The molecule has 0 bridgehead atoms. The molecule has 1 atom stereocenters. The smallest absolute Gasteiger partial charge is 0.227 e. The van der Waals surface area contributed by atoms with Crippen LogP contribution in [0.1, 0.15) is 37.7 Å². The highest BCUT2D eigenvalue weighted by atomic mass is 35.5. The monoisotopic (exact) mass is 384 g/mol. The molecule has 0 spiro atoms. The van der Waals surface area contributed by atoms with E-state index in [-0.39, 0.29) is 17.6 Å². The maximum atomic E-state index is 12.8. The highest BCUT2D eigenvalue weighted by molar-refractivity contribution is 7.88.